The van der Waals surface area contributed by atoms with Crippen LogP contribution in [0.3, 0.4) is 0 Å². The van der Waals surface area contributed by atoms with E-state index in [-0.39, 0.29) is 24.4 Å². The van der Waals surface area contributed by atoms with Crippen LogP contribution in [0.5, 0.6) is 0 Å². The highest BCUT2D eigenvalue weighted by molar-refractivity contribution is 6.12. The number of para-hydroxylation sites is 2. The number of aliphatic hydroxyl groups is 1. The molecule has 4 heterocycles. The number of benzene rings is 4. The molecule has 3 N–H and O–H groups in total. The van der Waals surface area contributed by atoms with Crippen LogP contribution in [0, 0.1) is 13.8 Å². The number of ether oxygens (including phenoxy) is 1. The van der Waals surface area contributed by atoms with Crippen molar-refractivity contribution in [3.8, 4) is 22.5 Å². The van der Waals surface area contributed by atoms with Gasteiger partial charge in [-0.25, -0.2) is 4.98 Å². The summed E-state index contributed by atoms with van der Waals surface area (Å²) in [6.07, 6.45) is 0.122. The molecule has 0 saturated carbocycles. The number of cyclic esters (lactones) is 1. The number of anilines is 1. The Morgan fingerprint density at radius 3 is 2.26 bits per heavy atom. The molecule has 0 bridgehead atoms. The average molecular weight is 664 g/mol. The van der Waals surface area contributed by atoms with Gasteiger partial charge in [0.05, 0.1) is 35.4 Å². The van der Waals surface area contributed by atoms with Crippen LogP contribution in [-0.2, 0) is 28.3 Å². The van der Waals surface area contributed by atoms with Gasteiger partial charge in [0.2, 0.25) is 0 Å². The van der Waals surface area contributed by atoms with Crippen molar-refractivity contribution in [1.82, 2.24) is 9.55 Å². The standard InChI is InChI=1S/C28H24N2O4.C14H13NO/c1-3-28(33)13-24(31)34-15-20-21(28)12-23-26-19(14-30(23)27(20)32)25(17-10-8-16(2)9-11-17)18-6-4-5-7-22(18)29-26;1-10-6-8-11(9-7-10)14(16)12-4-2-3-5-13(12)15/h4-12,33H,3,13-15H2,1-2H3;2-9H,15H2,1H3/t28-;/m1./s1. The number of hydrogen-bond acceptors (Lipinski definition) is 7. The Bertz CT molecular complexity index is 2360. The fraction of sp³-hybridized carbons (Fsp3) is 0.190. The average Bonchev–Trinajstić information content (AvgIpc) is 3.43. The molecule has 2 aliphatic rings. The summed E-state index contributed by atoms with van der Waals surface area (Å²) >= 11 is 0. The first-order chi connectivity index (χ1) is 24.1. The number of nitrogen functional groups attached to an aromatic ring is 1. The number of hydrogen-bond donors (Lipinski definition) is 2. The molecule has 0 spiro atoms. The Balaban J connectivity index is 0.000000206. The molecule has 2 aliphatic heterocycles. The maximum atomic E-state index is 13.7. The van der Waals surface area contributed by atoms with Gasteiger partial charge in [-0.3, -0.25) is 14.4 Å². The number of esters is 1. The van der Waals surface area contributed by atoms with Crippen molar-refractivity contribution in [2.45, 2.75) is 52.4 Å². The van der Waals surface area contributed by atoms with Crippen LogP contribution in [0.2, 0.25) is 0 Å². The monoisotopic (exact) mass is 663 g/mol. The smallest absolute Gasteiger partial charge is 0.309 e. The second-order valence-corrected chi connectivity index (χ2v) is 13.0. The Kier molecular flexibility index (Phi) is 8.41. The molecule has 50 heavy (non-hydrogen) atoms. The lowest BCUT2D eigenvalue weighted by atomic mass is 9.85. The maximum Gasteiger partial charge on any atom is 0.309 e. The van der Waals surface area contributed by atoms with E-state index in [0.29, 0.717) is 46.6 Å². The topological polar surface area (TPSA) is 125 Å². The molecular formula is C42H37N3O5. The third kappa shape index (κ3) is 5.77. The number of pyridine rings is 2. The van der Waals surface area contributed by atoms with E-state index in [1.807, 2.05) is 74.5 Å². The highest BCUT2D eigenvalue weighted by Crippen LogP contribution is 2.43. The van der Waals surface area contributed by atoms with Gasteiger partial charge in [-0.05, 0) is 61.2 Å². The Morgan fingerprint density at radius 2 is 1.56 bits per heavy atom. The zero-order valence-corrected chi connectivity index (χ0v) is 28.2. The summed E-state index contributed by atoms with van der Waals surface area (Å²) in [5, 5.41) is 12.4. The summed E-state index contributed by atoms with van der Waals surface area (Å²) in [4.78, 5) is 42.9. The van der Waals surface area contributed by atoms with Gasteiger partial charge in [-0.2, -0.15) is 0 Å². The number of nitrogens with zero attached hydrogens (tertiary/aromatic N) is 2. The van der Waals surface area contributed by atoms with E-state index in [2.05, 4.69) is 37.3 Å². The number of ketones is 1. The Hall–Kier alpha value is -5.86. The van der Waals surface area contributed by atoms with Crippen molar-refractivity contribution in [2.75, 3.05) is 5.73 Å². The minimum atomic E-state index is -1.45. The normalized spacial score (nSPS) is 16.0. The van der Waals surface area contributed by atoms with Crippen molar-refractivity contribution in [3.05, 3.63) is 152 Å². The summed E-state index contributed by atoms with van der Waals surface area (Å²) in [7, 11) is 0. The first-order valence-electron chi connectivity index (χ1n) is 16.7. The fourth-order valence-corrected chi connectivity index (χ4v) is 6.84. The summed E-state index contributed by atoms with van der Waals surface area (Å²) in [5.41, 5.74) is 14.3. The third-order valence-electron chi connectivity index (χ3n) is 9.71. The minimum absolute atomic E-state index is 0.0295. The Morgan fingerprint density at radius 1 is 0.900 bits per heavy atom. The van der Waals surface area contributed by atoms with Gasteiger partial charge in [0, 0.05) is 27.8 Å². The summed E-state index contributed by atoms with van der Waals surface area (Å²) < 4.78 is 6.98. The van der Waals surface area contributed by atoms with E-state index in [1.54, 1.807) is 16.7 Å². The first-order valence-corrected chi connectivity index (χ1v) is 16.7. The quantitative estimate of drug-likeness (QED) is 0.115. The molecular weight excluding hydrogens is 626 g/mol. The van der Waals surface area contributed by atoms with Crippen LogP contribution in [0.25, 0.3) is 33.4 Å². The van der Waals surface area contributed by atoms with E-state index in [9.17, 15) is 19.5 Å². The van der Waals surface area contributed by atoms with Crippen molar-refractivity contribution in [2.24, 2.45) is 0 Å². The van der Waals surface area contributed by atoms with E-state index >= 15 is 0 Å². The molecule has 8 heteroatoms. The van der Waals surface area contributed by atoms with Crippen LogP contribution in [-0.4, -0.2) is 26.4 Å². The number of rotatable bonds is 4. The van der Waals surface area contributed by atoms with Gasteiger partial charge in [0.15, 0.2) is 5.78 Å². The number of nitrogens with two attached hydrogens (primary N) is 1. The molecule has 0 saturated heterocycles. The van der Waals surface area contributed by atoms with Gasteiger partial charge in [-0.15, -0.1) is 0 Å². The fourth-order valence-electron chi connectivity index (χ4n) is 6.84. The van der Waals surface area contributed by atoms with Gasteiger partial charge in [0.1, 0.15) is 12.2 Å². The Labute approximate surface area is 289 Å². The molecule has 6 aromatic rings. The number of aromatic nitrogens is 2. The van der Waals surface area contributed by atoms with Crippen LogP contribution < -0.4 is 11.3 Å². The molecule has 0 radical (unpaired) electrons. The van der Waals surface area contributed by atoms with Crippen molar-refractivity contribution >= 4 is 28.3 Å². The molecule has 8 rings (SSSR count). The van der Waals surface area contributed by atoms with Crippen LogP contribution in [0.1, 0.15) is 63.5 Å². The van der Waals surface area contributed by atoms with Gasteiger partial charge >= 0.3 is 5.97 Å². The third-order valence-corrected chi connectivity index (χ3v) is 9.71. The number of aryl methyl sites for hydroxylation is 2. The van der Waals surface area contributed by atoms with Gasteiger partial charge < -0.3 is 20.1 Å². The van der Waals surface area contributed by atoms with Crippen LogP contribution in [0.15, 0.2) is 108 Å². The van der Waals surface area contributed by atoms with Crippen molar-refractivity contribution in [3.63, 3.8) is 0 Å². The second kappa shape index (κ2) is 12.9. The van der Waals surface area contributed by atoms with E-state index in [4.69, 9.17) is 15.5 Å². The largest absolute Gasteiger partial charge is 0.460 e. The minimum Gasteiger partial charge on any atom is -0.460 e. The molecule has 0 amide bonds. The highest BCUT2D eigenvalue weighted by Gasteiger charge is 2.39. The lowest BCUT2D eigenvalue weighted by molar-refractivity contribution is -0.149. The molecule has 2 aromatic heterocycles. The summed E-state index contributed by atoms with van der Waals surface area (Å²) in [5.74, 6) is -0.533. The lowest BCUT2D eigenvalue weighted by Crippen LogP contribution is -2.32. The van der Waals surface area contributed by atoms with Crippen LogP contribution in [0.4, 0.5) is 5.69 Å². The number of carbonyl (C=O) groups is 2. The SMILES string of the molecule is CC[C@@]1(O)CC(=O)OCc2c1cc1n(c2=O)Cc2c-1nc1ccccc1c2-c1ccc(C)cc1.Cc1ccc(C(=O)c2ccccc2N)cc1. The molecule has 0 aliphatic carbocycles. The van der Waals surface area contributed by atoms with Gasteiger partial charge in [-0.1, -0.05) is 96.9 Å². The molecule has 0 unspecified atom stereocenters. The summed E-state index contributed by atoms with van der Waals surface area (Å²) in [6.45, 7) is 6.10. The van der Waals surface area contributed by atoms with Crippen LogP contribution >= 0.6 is 0 Å². The number of fused-ring (bicyclic) bond motifs is 5. The zero-order valence-electron chi connectivity index (χ0n) is 28.2. The number of carbonyl (C=O) groups excluding carboxylic acids is 2. The predicted molar refractivity (Wildman–Crippen MR) is 195 cm³/mol. The molecule has 1 atom stereocenters. The van der Waals surface area contributed by atoms with Gasteiger partial charge in [0.25, 0.3) is 5.56 Å². The summed E-state index contributed by atoms with van der Waals surface area (Å²) in [6, 6.07) is 32.8. The second-order valence-electron chi connectivity index (χ2n) is 13.0. The molecule has 250 valence electrons. The molecule has 8 nitrogen and oxygen atoms in total. The first kappa shape index (κ1) is 32.7. The predicted octanol–water partition coefficient (Wildman–Crippen LogP) is 7.25. The zero-order chi connectivity index (χ0) is 35.2. The van der Waals surface area contributed by atoms with Crippen molar-refractivity contribution in [1.29, 1.82) is 0 Å². The highest BCUT2D eigenvalue weighted by atomic mass is 16.5. The molecule has 0 fully saturated rings. The maximum absolute atomic E-state index is 13.7. The van der Waals surface area contributed by atoms with E-state index in [0.717, 1.165) is 38.9 Å². The lowest BCUT2D eigenvalue weighted by Gasteiger charge is -2.26. The van der Waals surface area contributed by atoms with Crippen molar-refractivity contribution < 1.29 is 19.4 Å². The van der Waals surface area contributed by atoms with E-state index in [1.165, 1.54) is 5.56 Å². The van der Waals surface area contributed by atoms with E-state index < -0.39 is 11.6 Å². The molecule has 4 aromatic carbocycles.